The van der Waals surface area contributed by atoms with Gasteiger partial charge < -0.3 is 10.6 Å². The van der Waals surface area contributed by atoms with Crippen LogP contribution in [-0.4, -0.2) is 17.9 Å². The molecule has 0 saturated heterocycles. The first-order valence-electron chi connectivity index (χ1n) is 6.17. The number of pyridine rings is 1. The van der Waals surface area contributed by atoms with E-state index in [0.717, 1.165) is 17.9 Å². The fraction of sp³-hybridized carbons (Fsp3) is 0.200. The van der Waals surface area contributed by atoms with Crippen LogP contribution >= 0.6 is 0 Å². The Kier molecular flexibility index (Phi) is 4.26. The lowest BCUT2D eigenvalue weighted by Crippen LogP contribution is -2.14. The minimum atomic E-state index is -0.132. The molecule has 0 aliphatic rings. The van der Waals surface area contributed by atoms with Gasteiger partial charge in [0.2, 0.25) is 0 Å². The Morgan fingerprint density at radius 1 is 1.21 bits per heavy atom. The Labute approximate surface area is 112 Å². The number of hydrogen-bond acceptors (Lipinski definition) is 3. The van der Waals surface area contributed by atoms with E-state index in [1.165, 1.54) is 5.56 Å². The molecule has 0 aliphatic carbocycles. The van der Waals surface area contributed by atoms with Gasteiger partial charge in [-0.05, 0) is 43.8 Å². The summed E-state index contributed by atoms with van der Waals surface area (Å²) < 4.78 is 0. The number of rotatable bonds is 4. The van der Waals surface area contributed by atoms with E-state index in [9.17, 15) is 4.79 Å². The second-order valence-corrected chi connectivity index (χ2v) is 4.32. The highest BCUT2D eigenvalue weighted by Gasteiger charge is 2.09. The number of hydrogen-bond donors (Lipinski definition) is 2. The lowest BCUT2D eigenvalue weighted by atomic mass is 10.1. The highest BCUT2D eigenvalue weighted by Crippen LogP contribution is 2.12. The molecule has 0 saturated carbocycles. The first-order chi connectivity index (χ1) is 9.20. The number of carbonyl (C=O) groups is 1. The van der Waals surface area contributed by atoms with E-state index in [-0.39, 0.29) is 5.91 Å². The minimum absolute atomic E-state index is 0.132. The third-order valence-electron chi connectivity index (χ3n) is 2.84. The second kappa shape index (κ2) is 6.11. The SMILES string of the molecule is CNCc1ccc(NC(=O)c2cccnc2C)cc1. The average molecular weight is 255 g/mol. The number of carbonyl (C=O) groups excluding carboxylic acids is 1. The van der Waals surface area contributed by atoms with Gasteiger partial charge in [-0.3, -0.25) is 9.78 Å². The molecule has 0 unspecified atom stereocenters. The molecule has 98 valence electrons. The molecule has 2 aromatic rings. The highest BCUT2D eigenvalue weighted by molar-refractivity contribution is 6.04. The molecule has 0 spiro atoms. The van der Waals surface area contributed by atoms with Crippen molar-refractivity contribution in [1.29, 1.82) is 0 Å². The number of aromatic nitrogens is 1. The van der Waals surface area contributed by atoms with Crippen LogP contribution in [0.15, 0.2) is 42.6 Å². The summed E-state index contributed by atoms with van der Waals surface area (Å²) in [6.45, 7) is 2.64. The molecule has 1 aromatic heterocycles. The molecule has 19 heavy (non-hydrogen) atoms. The van der Waals surface area contributed by atoms with Crippen LogP contribution < -0.4 is 10.6 Å². The Hall–Kier alpha value is -2.20. The molecule has 0 bridgehead atoms. The number of aryl methyl sites for hydroxylation is 1. The van der Waals surface area contributed by atoms with Crippen molar-refractivity contribution in [3.8, 4) is 0 Å². The lowest BCUT2D eigenvalue weighted by molar-refractivity contribution is 0.102. The summed E-state index contributed by atoms with van der Waals surface area (Å²) in [5.74, 6) is -0.132. The second-order valence-electron chi connectivity index (χ2n) is 4.32. The first kappa shape index (κ1) is 13.2. The zero-order chi connectivity index (χ0) is 13.7. The number of nitrogens with zero attached hydrogens (tertiary/aromatic N) is 1. The van der Waals surface area contributed by atoms with E-state index < -0.39 is 0 Å². The monoisotopic (exact) mass is 255 g/mol. The molecule has 2 rings (SSSR count). The van der Waals surface area contributed by atoms with Gasteiger partial charge >= 0.3 is 0 Å². The Morgan fingerprint density at radius 2 is 1.95 bits per heavy atom. The summed E-state index contributed by atoms with van der Waals surface area (Å²) in [4.78, 5) is 16.2. The molecule has 0 fully saturated rings. The van der Waals surface area contributed by atoms with Crippen molar-refractivity contribution in [3.05, 3.63) is 59.4 Å². The van der Waals surface area contributed by atoms with Gasteiger partial charge in [0.1, 0.15) is 0 Å². The third kappa shape index (κ3) is 3.39. The zero-order valence-electron chi connectivity index (χ0n) is 11.1. The van der Waals surface area contributed by atoms with Crippen LogP contribution in [0.25, 0.3) is 0 Å². The normalized spacial score (nSPS) is 10.2. The summed E-state index contributed by atoms with van der Waals surface area (Å²) in [5.41, 5.74) is 3.29. The maximum absolute atomic E-state index is 12.1. The third-order valence-corrected chi connectivity index (χ3v) is 2.84. The molecular formula is C15H17N3O. The summed E-state index contributed by atoms with van der Waals surface area (Å²) in [5, 5.41) is 5.95. The van der Waals surface area contributed by atoms with Crippen LogP contribution in [0.5, 0.6) is 0 Å². The van der Waals surface area contributed by atoms with E-state index in [1.54, 1.807) is 18.3 Å². The van der Waals surface area contributed by atoms with E-state index >= 15 is 0 Å². The van der Waals surface area contributed by atoms with Crippen molar-refractivity contribution in [1.82, 2.24) is 10.3 Å². The van der Waals surface area contributed by atoms with Crippen LogP contribution in [0.2, 0.25) is 0 Å². The maximum Gasteiger partial charge on any atom is 0.257 e. The van der Waals surface area contributed by atoms with E-state index in [2.05, 4.69) is 15.6 Å². The molecule has 2 N–H and O–H groups in total. The molecule has 0 atom stereocenters. The van der Waals surface area contributed by atoms with Crippen LogP contribution in [0.1, 0.15) is 21.6 Å². The summed E-state index contributed by atoms with van der Waals surface area (Å²) >= 11 is 0. The van der Waals surface area contributed by atoms with Crippen molar-refractivity contribution >= 4 is 11.6 Å². The molecule has 1 heterocycles. The highest BCUT2D eigenvalue weighted by atomic mass is 16.1. The number of nitrogens with one attached hydrogen (secondary N) is 2. The number of amides is 1. The first-order valence-corrected chi connectivity index (χ1v) is 6.17. The summed E-state index contributed by atoms with van der Waals surface area (Å²) in [6.07, 6.45) is 1.68. The summed E-state index contributed by atoms with van der Waals surface area (Å²) in [7, 11) is 1.90. The quantitative estimate of drug-likeness (QED) is 0.881. The molecule has 1 amide bonds. The van der Waals surface area contributed by atoms with E-state index in [4.69, 9.17) is 0 Å². The largest absolute Gasteiger partial charge is 0.322 e. The zero-order valence-corrected chi connectivity index (χ0v) is 11.1. The summed E-state index contributed by atoms with van der Waals surface area (Å²) in [6, 6.07) is 11.3. The van der Waals surface area contributed by atoms with Gasteiger partial charge in [0, 0.05) is 24.1 Å². The molecule has 0 radical (unpaired) electrons. The lowest BCUT2D eigenvalue weighted by Gasteiger charge is -2.07. The van der Waals surface area contributed by atoms with Crippen molar-refractivity contribution in [2.24, 2.45) is 0 Å². The molecular weight excluding hydrogens is 238 g/mol. The van der Waals surface area contributed by atoms with Gasteiger partial charge in [-0.15, -0.1) is 0 Å². The maximum atomic E-state index is 12.1. The smallest absolute Gasteiger partial charge is 0.257 e. The van der Waals surface area contributed by atoms with Gasteiger partial charge in [-0.25, -0.2) is 0 Å². The predicted molar refractivity (Wildman–Crippen MR) is 76.1 cm³/mol. The van der Waals surface area contributed by atoms with Crippen molar-refractivity contribution in [2.45, 2.75) is 13.5 Å². The van der Waals surface area contributed by atoms with Crippen LogP contribution in [0, 0.1) is 6.92 Å². The van der Waals surface area contributed by atoms with Gasteiger partial charge in [-0.2, -0.15) is 0 Å². The van der Waals surface area contributed by atoms with E-state index in [0.29, 0.717) is 5.56 Å². The number of anilines is 1. The van der Waals surface area contributed by atoms with E-state index in [1.807, 2.05) is 38.2 Å². The average Bonchev–Trinajstić information content (AvgIpc) is 2.42. The Morgan fingerprint density at radius 3 is 2.58 bits per heavy atom. The Bertz CT molecular complexity index is 564. The topological polar surface area (TPSA) is 54.0 Å². The minimum Gasteiger partial charge on any atom is -0.322 e. The predicted octanol–water partition coefficient (Wildman–Crippen LogP) is 2.36. The van der Waals surface area contributed by atoms with Gasteiger partial charge in [0.15, 0.2) is 0 Å². The number of benzene rings is 1. The van der Waals surface area contributed by atoms with Crippen LogP contribution in [0.3, 0.4) is 0 Å². The standard InChI is InChI=1S/C15H17N3O/c1-11-14(4-3-9-17-11)15(19)18-13-7-5-12(6-8-13)10-16-2/h3-9,16H,10H2,1-2H3,(H,18,19). The van der Waals surface area contributed by atoms with Gasteiger partial charge in [0.05, 0.1) is 5.56 Å². The van der Waals surface area contributed by atoms with Crippen molar-refractivity contribution in [2.75, 3.05) is 12.4 Å². The molecule has 0 aliphatic heterocycles. The van der Waals surface area contributed by atoms with Crippen LogP contribution in [-0.2, 0) is 6.54 Å². The van der Waals surface area contributed by atoms with Gasteiger partial charge in [-0.1, -0.05) is 12.1 Å². The molecule has 4 heteroatoms. The fourth-order valence-electron chi connectivity index (χ4n) is 1.83. The van der Waals surface area contributed by atoms with Crippen LogP contribution in [0.4, 0.5) is 5.69 Å². The fourth-order valence-corrected chi connectivity index (χ4v) is 1.83. The molecule has 4 nitrogen and oxygen atoms in total. The van der Waals surface area contributed by atoms with Crippen molar-refractivity contribution < 1.29 is 4.79 Å². The molecule has 1 aromatic carbocycles. The van der Waals surface area contributed by atoms with Gasteiger partial charge in [0.25, 0.3) is 5.91 Å². The van der Waals surface area contributed by atoms with Crippen molar-refractivity contribution in [3.63, 3.8) is 0 Å². The Balaban J connectivity index is 2.09.